The van der Waals surface area contributed by atoms with Crippen LogP contribution in [-0.4, -0.2) is 16.9 Å². The number of nitrogens with zero attached hydrogens (tertiary/aromatic N) is 1. The van der Waals surface area contributed by atoms with E-state index in [9.17, 15) is 14.9 Å². The van der Waals surface area contributed by atoms with Gasteiger partial charge in [-0.15, -0.1) is 0 Å². The van der Waals surface area contributed by atoms with Crippen molar-refractivity contribution in [2.24, 2.45) is 0 Å². The molecular weight excluding hydrogens is 208 g/mol. The largest absolute Gasteiger partial charge is 0.349 e. The Hall–Kier alpha value is -1.91. The van der Waals surface area contributed by atoms with Crippen LogP contribution >= 0.6 is 0 Å². The number of hydrogen-bond acceptors (Lipinski definition) is 3. The van der Waals surface area contributed by atoms with Gasteiger partial charge in [-0.2, -0.15) is 0 Å². The fourth-order valence-electron chi connectivity index (χ4n) is 1.46. The van der Waals surface area contributed by atoms with Crippen molar-refractivity contribution < 1.29 is 9.72 Å². The summed E-state index contributed by atoms with van der Waals surface area (Å²) in [5.74, 6) is -0.219. The van der Waals surface area contributed by atoms with Crippen molar-refractivity contribution in [1.29, 1.82) is 0 Å². The van der Waals surface area contributed by atoms with Crippen molar-refractivity contribution in [3.63, 3.8) is 0 Å². The molecule has 0 atom stereocenters. The summed E-state index contributed by atoms with van der Waals surface area (Å²) in [6, 6.07) is 4.59. The second kappa shape index (κ2) is 3.92. The van der Waals surface area contributed by atoms with E-state index in [1.807, 2.05) is 0 Å². The molecule has 0 unspecified atom stereocenters. The van der Waals surface area contributed by atoms with Gasteiger partial charge in [-0.3, -0.25) is 14.9 Å². The van der Waals surface area contributed by atoms with Crippen LogP contribution in [0, 0.1) is 17.0 Å². The average Bonchev–Trinajstić information content (AvgIpc) is 3.01. The van der Waals surface area contributed by atoms with Gasteiger partial charge in [0.05, 0.1) is 4.92 Å². The predicted molar refractivity (Wildman–Crippen MR) is 58.3 cm³/mol. The van der Waals surface area contributed by atoms with E-state index in [4.69, 9.17) is 0 Å². The highest BCUT2D eigenvalue weighted by molar-refractivity contribution is 5.96. The molecule has 0 aromatic heterocycles. The summed E-state index contributed by atoms with van der Waals surface area (Å²) in [6.07, 6.45) is 2.00. The van der Waals surface area contributed by atoms with Crippen LogP contribution in [0.1, 0.15) is 28.8 Å². The summed E-state index contributed by atoms with van der Waals surface area (Å²) < 4.78 is 0. The van der Waals surface area contributed by atoms with Crippen LogP contribution in [0.25, 0.3) is 0 Å². The molecule has 16 heavy (non-hydrogen) atoms. The summed E-state index contributed by atoms with van der Waals surface area (Å²) in [6.45, 7) is 1.77. The Morgan fingerprint density at radius 3 is 2.75 bits per heavy atom. The Bertz CT molecular complexity index is 453. The van der Waals surface area contributed by atoms with Gasteiger partial charge in [0.1, 0.15) is 0 Å². The molecule has 1 N–H and O–H groups in total. The van der Waals surface area contributed by atoms with Crippen molar-refractivity contribution >= 4 is 11.6 Å². The number of carbonyl (C=O) groups excluding carboxylic acids is 1. The fraction of sp³-hybridized carbons (Fsp3) is 0.364. The molecule has 0 saturated heterocycles. The number of nitro benzene ring substituents is 1. The maximum absolute atomic E-state index is 11.8. The number of rotatable bonds is 3. The number of benzene rings is 1. The molecule has 0 radical (unpaired) electrons. The molecule has 0 aliphatic heterocycles. The fourth-order valence-corrected chi connectivity index (χ4v) is 1.46. The van der Waals surface area contributed by atoms with Crippen molar-refractivity contribution in [2.45, 2.75) is 25.8 Å². The van der Waals surface area contributed by atoms with E-state index < -0.39 is 4.92 Å². The molecule has 1 aromatic rings. The molecule has 1 amide bonds. The highest BCUT2D eigenvalue weighted by atomic mass is 16.6. The molecule has 1 aliphatic rings. The molecule has 0 heterocycles. The van der Waals surface area contributed by atoms with E-state index >= 15 is 0 Å². The number of carbonyl (C=O) groups is 1. The van der Waals surface area contributed by atoms with E-state index in [0.717, 1.165) is 18.4 Å². The molecule has 84 valence electrons. The Morgan fingerprint density at radius 1 is 1.50 bits per heavy atom. The normalized spacial score (nSPS) is 14.6. The molecule has 1 aliphatic carbocycles. The third-order valence-corrected chi connectivity index (χ3v) is 2.59. The predicted octanol–water partition coefficient (Wildman–Crippen LogP) is 1.80. The van der Waals surface area contributed by atoms with Gasteiger partial charge in [0.25, 0.3) is 11.6 Å². The van der Waals surface area contributed by atoms with Gasteiger partial charge in [0.2, 0.25) is 0 Å². The first-order valence-electron chi connectivity index (χ1n) is 5.14. The first kappa shape index (κ1) is 10.6. The van der Waals surface area contributed by atoms with Crippen LogP contribution in [-0.2, 0) is 0 Å². The van der Waals surface area contributed by atoms with E-state index in [2.05, 4.69) is 5.32 Å². The lowest BCUT2D eigenvalue weighted by Crippen LogP contribution is -2.26. The smallest absolute Gasteiger partial charge is 0.270 e. The Kier molecular flexibility index (Phi) is 2.60. The number of non-ortho nitro benzene ring substituents is 1. The van der Waals surface area contributed by atoms with Crippen LogP contribution in [0.4, 0.5) is 5.69 Å². The maximum atomic E-state index is 11.8. The van der Waals surface area contributed by atoms with Gasteiger partial charge in [-0.1, -0.05) is 6.07 Å². The standard InChI is InChI=1S/C11H12N2O3/c1-7-2-5-9(13(15)16)6-10(7)11(14)12-8-3-4-8/h2,5-6,8H,3-4H2,1H3,(H,12,14). The summed E-state index contributed by atoms with van der Waals surface area (Å²) in [5.41, 5.74) is 1.09. The minimum atomic E-state index is -0.493. The molecule has 5 heteroatoms. The molecule has 5 nitrogen and oxygen atoms in total. The number of amides is 1. The first-order valence-corrected chi connectivity index (χ1v) is 5.14. The third kappa shape index (κ3) is 2.18. The minimum absolute atomic E-state index is 0.0495. The van der Waals surface area contributed by atoms with Gasteiger partial charge in [-0.25, -0.2) is 0 Å². The van der Waals surface area contributed by atoms with E-state index in [-0.39, 0.29) is 17.6 Å². The van der Waals surface area contributed by atoms with Crippen LogP contribution in [0.5, 0.6) is 0 Å². The Labute approximate surface area is 92.6 Å². The number of aryl methyl sites for hydroxylation is 1. The highest BCUT2D eigenvalue weighted by Gasteiger charge is 2.25. The molecule has 1 fully saturated rings. The lowest BCUT2D eigenvalue weighted by Gasteiger charge is -2.06. The third-order valence-electron chi connectivity index (χ3n) is 2.59. The van der Waals surface area contributed by atoms with Crippen molar-refractivity contribution in [2.75, 3.05) is 0 Å². The zero-order valence-corrected chi connectivity index (χ0v) is 8.90. The van der Waals surface area contributed by atoms with E-state index in [1.54, 1.807) is 13.0 Å². The number of nitro groups is 1. The van der Waals surface area contributed by atoms with Crippen LogP contribution in [0.2, 0.25) is 0 Å². The zero-order valence-electron chi connectivity index (χ0n) is 8.90. The van der Waals surface area contributed by atoms with E-state index in [0.29, 0.717) is 5.56 Å². The maximum Gasteiger partial charge on any atom is 0.270 e. The van der Waals surface area contributed by atoms with Gasteiger partial charge >= 0.3 is 0 Å². The lowest BCUT2D eigenvalue weighted by molar-refractivity contribution is -0.384. The Morgan fingerprint density at radius 2 is 2.19 bits per heavy atom. The Balaban J connectivity index is 2.26. The minimum Gasteiger partial charge on any atom is -0.349 e. The zero-order chi connectivity index (χ0) is 11.7. The SMILES string of the molecule is Cc1ccc([N+](=O)[O-])cc1C(=O)NC1CC1. The summed E-state index contributed by atoms with van der Waals surface area (Å²) in [7, 11) is 0. The molecular formula is C11H12N2O3. The van der Waals surface area contributed by atoms with Crippen molar-refractivity contribution in [3.05, 3.63) is 39.4 Å². The van der Waals surface area contributed by atoms with Gasteiger partial charge in [-0.05, 0) is 25.3 Å². The molecule has 1 saturated carbocycles. The number of nitrogens with one attached hydrogen (secondary N) is 1. The van der Waals surface area contributed by atoms with Crippen LogP contribution in [0.15, 0.2) is 18.2 Å². The van der Waals surface area contributed by atoms with Gasteiger partial charge in [0.15, 0.2) is 0 Å². The molecule has 0 bridgehead atoms. The topological polar surface area (TPSA) is 72.2 Å². The monoisotopic (exact) mass is 220 g/mol. The molecule has 2 rings (SSSR count). The van der Waals surface area contributed by atoms with Crippen molar-refractivity contribution in [1.82, 2.24) is 5.32 Å². The molecule has 1 aromatic carbocycles. The quantitative estimate of drug-likeness (QED) is 0.623. The lowest BCUT2D eigenvalue weighted by atomic mass is 10.1. The average molecular weight is 220 g/mol. The van der Waals surface area contributed by atoms with Gasteiger partial charge < -0.3 is 5.32 Å². The van der Waals surface area contributed by atoms with Gasteiger partial charge in [0, 0.05) is 23.7 Å². The van der Waals surface area contributed by atoms with E-state index in [1.165, 1.54) is 12.1 Å². The van der Waals surface area contributed by atoms with Crippen LogP contribution < -0.4 is 5.32 Å². The second-order valence-electron chi connectivity index (χ2n) is 4.00. The second-order valence-corrected chi connectivity index (χ2v) is 4.00. The number of hydrogen-bond donors (Lipinski definition) is 1. The first-order chi connectivity index (χ1) is 7.58. The van der Waals surface area contributed by atoms with Crippen molar-refractivity contribution in [3.8, 4) is 0 Å². The summed E-state index contributed by atoms with van der Waals surface area (Å²) in [5, 5.41) is 13.4. The summed E-state index contributed by atoms with van der Waals surface area (Å²) >= 11 is 0. The highest BCUT2D eigenvalue weighted by Crippen LogP contribution is 2.21. The van der Waals surface area contributed by atoms with Crippen LogP contribution in [0.3, 0.4) is 0 Å². The summed E-state index contributed by atoms with van der Waals surface area (Å²) in [4.78, 5) is 21.9. The molecule has 0 spiro atoms.